The molecular formula is C19H22F3N3O. The minimum atomic E-state index is -2.88. The highest BCUT2D eigenvalue weighted by molar-refractivity contribution is 5.80. The molecule has 4 rings (SSSR count). The van der Waals surface area contributed by atoms with E-state index in [4.69, 9.17) is 0 Å². The molecule has 1 aromatic heterocycles. The Morgan fingerprint density at radius 1 is 1.15 bits per heavy atom. The molecule has 0 radical (unpaired) electrons. The van der Waals surface area contributed by atoms with Crippen molar-refractivity contribution in [2.45, 2.75) is 31.6 Å². The van der Waals surface area contributed by atoms with Crippen LogP contribution in [-0.4, -0.2) is 47.9 Å². The summed E-state index contributed by atoms with van der Waals surface area (Å²) in [6, 6.07) is 2.77. The van der Waals surface area contributed by atoms with E-state index in [0.29, 0.717) is 19.4 Å². The number of alkyl halides is 2. The number of nitrogens with zero attached hydrogens (tertiary/aromatic N) is 3. The predicted octanol–water partition coefficient (Wildman–Crippen LogP) is 3.25. The minimum Gasteiger partial charge on any atom is -0.353 e. The van der Waals surface area contributed by atoms with Gasteiger partial charge >= 0.3 is 0 Å². The summed E-state index contributed by atoms with van der Waals surface area (Å²) in [5, 5.41) is 0. The van der Waals surface area contributed by atoms with Gasteiger partial charge in [-0.3, -0.25) is 4.79 Å². The molecule has 7 heteroatoms. The number of hydrogen-bond acceptors (Lipinski definition) is 3. The van der Waals surface area contributed by atoms with Gasteiger partial charge in [0.2, 0.25) is 5.91 Å². The molecule has 1 spiro atoms. The Kier molecular flexibility index (Phi) is 4.20. The number of halogens is 3. The zero-order chi connectivity index (χ0) is 18.4. The SMILES string of the molecule is O=C(C1CC=CC1)N1CCC(F)(F)[C@]2(CCN(c3ncccc3F)C2)C1. The number of aromatic nitrogens is 1. The number of rotatable bonds is 2. The highest BCUT2D eigenvalue weighted by Gasteiger charge is 2.60. The zero-order valence-corrected chi connectivity index (χ0v) is 14.5. The van der Waals surface area contributed by atoms with Crippen molar-refractivity contribution in [1.82, 2.24) is 9.88 Å². The van der Waals surface area contributed by atoms with E-state index >= 15 is 0 Å². The molecule has 2 saturated heterocycles. The molecule has 0 aromatic carbocycles. The summed E-state index contributed by atoms with van der Waals surface area (Å²) in [4.78, 5) is 19.9. The van der Waals surface area contributed by atoms with E-state index < -0.39 is 17.2 Å². The number of pyridine rings is 1. The number of allylic oxidation sites excluding steroid dienone is 2. The molecule has 0 saturated carbocycles. The summed E-state index contributed by atoms with van der Waals surface area (Å²) in [6.45, 7) is 0.444. The Morgan fingerprint density at radius 2 is 1.92 bits per heavy atom. The van der Waals surface area contributed by atoms with Crippen molar-refractivity contribution < 1.29 is 18.0 Å². The van der Waals surface area contributed by atoms with Gasteiger partial charge in [0.25, 0.3) is 5.92 Å². The van der Waals surface area contributed by atoms with Crippen LogP contribution < -0.4 is 4.90 Å². The van der Waals surface area contributed by atoms with Crippen LogP contribution >= 0.6 is 0 Å². The molecule has 0 unspecified atom stereocenters. The molecule has 1 amide bonds. The summed E-state index contributed by atoms with van der Waals surface area (Å²) in [7, 11) is 0. The summed E-state index contributed by atoms with van der Waals surface area (Å²) < 4.78 is 43.8. The first-order valence-electron chi connectivity index (χ1n) is 9.09. The first-order valence-corrected chi connectivity index (χ1v) is 9.09. The van der Waals surface area contributed by atoms with E-state index in [1.54, 1.807) is 9.80 Å². The zero-order valence-electron chi connectivity index (χ0n) is 14.5. The minimum absolute atomic E-state index is 0.0145. The van der Waals surface area contributed by atoms with Crippen molar-refractivity contribution in [1.29, 1.82) is 0 Å². The summed E-state index contributed by atoms with van der Waals surface area (Å²) >= 11 is 0. The molecule has 26 heavy (non-hydrogen) atoms. The molecular weight excluding hydrogens is 343 g/mol. The van der Waals surface area contributed by atoms with Crippen LogP contribution in [0.2, 0.25) is 0 Å². The molecule has 1 aliphatic carbocycles. The standard InChI is InChI=1S/C19H22F3N3O/c20-15-6-3-9-23-16(15)24-10-7-18(12-24)13-25(11-8-19(18,21)22)17(26)14-4-1-2-5-14/h1-3,6,9,14H,4-5,7-8,10-13H2/t18-/m0/s1. The fourth-order valence-corrected chi connectivity index (χ4v) is 4.46. The molecule has 3 aliphatic rings. The van der Waals surface area contributed by atoms with Gasteiger partial charge in [-0.15, -0.1) is 0 Å². The van der Waals surface area contributed by atoms with Crippen LogP contribution in [0.15, 0.2) is 30.5 Å². The smallest absolute Gasteiger partial charge is 0.258 e. The summed E-state index contributed by atoms with van der Waals surface area (Å²) in [6.07, 6.45) is 6.66. The predicted molar refractivity (Wildman–Crippen MR) is 91.5 cm³/mol. The molecule has 4 nitrogen and oxygen atoms in total. The van der Waals surface area contributed by atoms with Crippen LogP contribution in [0.25, 0.3) is 0 Å². The van der Waals surface area contributed by atoms with E-state index in [9.17, 15) is 18.0 Å². The number of likely N-dealkylation sites (tertiary alicyclic amines) is 1. The van der Waals surface area contributed by atoms with Crippen LogP contribution in [-0.2, 0) is 4.79 Å². The van der Waals surface area contributed by atoms with Gasteiger partial charge in [-0.25, -0.2) is 18.2 Å². The highest BCUT2D eigenvalue weighted by atomic mass is 19.3. The van der Waals surface area contributed by atoms with E-state index in [2.05, 4.69) is 4.98 Å². The number of piperidine rings is 1. The Bertz CT molecular complexity index is 730. The van der Waals surface area contributed by atoms with E-state index in [0.717, 1.165) is 0 Å². The number of carbonyl (C=O) groups is 1. The number of anilines is 1. The maximum Gasteiger partial charge on any atom is 0.258 e. The second kappa shape index (κ2) is 6.28. The van der Waals surface area contributed by atoms with E-state index in [-0.39, 0.29) is 50.1 Å². The molecule has 0 bridgehead atoms. The van der Waals surface area contributed by atoms with Crippen molar-refractivity contribution in [3.8, 4) is 0 Å². The lowest BCUT2D eigenvalue weighted by Gasteiger charge is -2.46. The fraction of sp³-hybridized carbons (Fsp3) is 0.579. The number of carbonyl (C=O) groups excluding carboxylic acids is 1. The van der Waals surface area contributed by atoms with Gasteiger partial charge < -0.3 is 9.80 Å². The lowest BCUT2D eigenvalue weighted by molar-refractivity contribution is -0.171. The molecule has 2 aliphatic heterocycles. The van der Waals surface area contributed by atoms with Crippen LogP contribution in [0.3, 0.4) is 0 Å². The Labute approximate surface area is 150 Å². The number of amides is 1. The second-order valence-electron chi connectivity index (χ2n) is 7.61. The molecule has 0 N–H and O–H groups in total. The quantitative estimate of drug-likeness (QED) is 0.755. The lowest BCUT2D eigenvalue weighted by Crippen LogP contribution is -2.59. The molecule has 3 heterocycles. The van der Waals surface area contributed by atoms with Gasteiger partial charge in [0.05, 0.1) is 5.41 Å². The van der Waals surface area contributed by atoms with Crippen molar-refractivity contribution in [2.24, 2.45) is 11.3 Å². The maximum absolute atomic E-state index is 14.9. The largest absolute Gasteiger partial charge is 0.353 e. The van der Waals surface area contributed by atoms with E-state index in [1.165, 1.54) is 18.3 Å². The normalized spacial score (nSPS) is 28.3. The van der Waals surface area contributed by atoms with Crippen molar-refractivity contribution >= 4 is 11.7 Å². The van der Waals surface area contributed by atoms with Crippen LogP contribution in [0.5, 0.6) is 0 Å². The van der Waals surface area contributed by atoms with Gasteiger partial charge in [0.1, 0.15) is 0 Å². The molecule has 1 atom stereocenters. The number of hydrogen-bond donors (Lipinski definition) is 0. The third kappa shape index (κ3) is 2.77. The van der Waals surface area contributed by atoms with E-state index in [1.807, 2.05) is 12.2 Å². The first-order chi connectivity index (χ1) is 12.4. The van der Waals surface area contributed by atoms with Gasteiger partial charge in [-0.05, 0) is 31.4 Å². The third-order valence-electron chi connectivity index (χ3n) is 6.03. The Morgan fingerprint density at radius 3 is 2.65 bits per heavy atom. The van der Waals surface area contributed by atoms with Gasteiger partial charge in [0, 0.05) is 44.7 Å². The van der Waals surface area contributed by atoms with Gasteiger partial charge in [-0.2, -0.15) is 0 Å². The van der Waals surface area contributed by atoms with Crippen LogP contribution in [0.4, 0.5) is 19.0 Å². The lowest BCUT2D eigenvalue weighted by atomic mass is 9.75. The Hall–Kier alpha value is -2.05. The topological polar surface area (TPSA) is 36.4 Å². The highest BCUT2D eigenvalue weighted by Crippen LogP contribution is 2.50. The van der Waals surface area contributed by atoms with Crippen LogP contribution in [0.1, 0.15) is 25.7 Å². The molecule has 2 fully saturated rings. The third-order valence-corrected chi connectivity index (χ3v) is 6.03. The maximum atomic E-state index is 14.9. The summed E-state index contributed by atoms with van der Waals surface area (Å²) in [5.41, 5.74) is -1.34. The van der Waals surface area contributed by atoms with Crippen molar-refractivity contribution in [3.63, 3.8) is 0 Å². The average Bonchev–Trinajstić information content (AvgIpc) is 3.28. The summed E-state index contributed by atoms with van der Waals surface area (Å²) in [5.74, 6) is -3.42. The van der Waals surface area contributed by atoms with Gasteiger partial charge in [0.15, 0.2) is 11.6 Å². The van der Waals surface area contributed by atoms with Gasteiger partial charge in [-0.1, -0.05) is 12.2 Å². The Balaban J connectivity index is 1.55. The molecule has 1 aromatic rings. The monoisotopic (exact) mass is 365 g/mol. The van der Waals surface area contributed by atoms with Crippen molar-refractivity contribution in [2.75, 3.05) is 31.1 Å². The van der Waals surface area contributed by atoms with Crippen molar-refractivity contribution in [3.05, 3.63) is 36.3 Å². The first kappa shape index (κ1) is 17.4. The molecule has 140 valence electrons. The average molecular weight is 365 g/mol. The second-order valence-corrected chi connectivity index (χ2v) is 7.61. The van der Waals surface area contributed by atoms with Crippen LogP contribution in [0, 0.1) is 17.2 Å². The fourth-order valence-electron chi connectivity index (χ4n) is 4.46.